The van der Waals surface area contributed by atoms with Crippen molar-refractivity contribution in [3.63, 3.8) is 0 Å². The number of benzene rings is 1. The first-order valence-corrected chi connectivity index (χ1v) is 10.4. The number of nitriles is 1. The van der Waals surface area contributed by atoms with Gasteiger partial charge in [-0.05, 0) is 40.9 Å². The fourth-order valence-corrected chi connectivity index (χ4v) is 3.96. The minimum Gasteiger partial charge on any atom is -0.493 e. The third kappa shape index (κ3) is 4.91. The molecule has 0 radical (unpaired) electrons. The Morgan fingerprint density at radius 1 is 1.27 bits per heavy atom. The maximum Gasteiger partial charge on any atom is 0.258 e. The summed E-state index contributed by atoms with van der Waals surface area (Å²) >= 11 is 3.46. The van der Waals surface area contributed by atoms with Crippen molar-refractivity contribution in [3.8, 4) is 28.8 Å². The van der Waals surface area contributed by atoms with Crippen LogP contribution in [0.4, 0.5) is 11.8 Å². The van der Waals surface area contributed by atoms with Crippen molar-refractivity contribution in [1.29, 1.82) is 5.26 Å². The molecule has 0 unspecified atom stereocenters. The molecular weight excluding hydrogens is 452 g/mol. The second-order valence-corrected chi connectivity index (χ2v) is 7.83. The molecule has 0 saturated heterocycles. The molecular formula is C20H23BrN6O3. The van der Waals surface area contributed by atoms with Gasteiger partial charge in [0.1, 0.15) is 17.5 Å². The first-order valence-electron chi connectivity index (χ1n) is 9.56. The number of aromatic nitrogens is 2. The molecule has 158 valence electrons. The highest BCUT2D eigenvalue weighted by Crippen LogP contribution is 2.39. The highest BCUT2D eigenvalue weighted by molar-refractivity contribution is 9.10. The van der Waals surface area contributed by atoms with Gasteiger partial charge >= 0.3 is 0 Å². The van der Waals surface area contributed by atoms with Gasteiger partial charge in [0.2, 0.25) is 5.95 Å². The second-order valence-electron chi connectivity index (χ2n) is 6.98. The maximum absolute atomic E-state index is 12.2. The average molecular weight is 475 g/mol. The van der Waals surface area contributed by atoms with Gasteiger partial charge in [-0.2, -0.15) is 10.2 Å². The first-order chi connectivity index (χ1) is 14.4. The molecule has 9 nitrogen and oxygen atoms in total. The van der Waals surface area contributed by atoms with Crippen LogP contribution in [-0.4, -0.2) is 35.6 Å². The van der Waals surface area contributed by atoms with Crippen molar-refractivity contribution in [2.24, 2.45) is 0 Å². The summed E-state index contributed by atoms with van der Waals surface area (Å²) in [4.78, 5) is 20.2. The smallest absolute Gasteiger partial charge is 0.258 e. The number of carbonyl (C=O) groups is 1. The number of hydrogen-bond donors (Lipinski definition) is 3. The van der Waals surface area contributed by atoms with Gasteiger partial charge in [0.05, 0.1) is 12.8 Å². The number of nitrogens with one attached hydrogen (secondary N) is 1. The molecule has 1 saturated carbocycles. The number of amides is 1. The molecule has 0 atom stereocenters. The van der Waals surface area contributed by atoms with Crippen LogP contribution in [0.5, 0.6) is 11.5 Å². The number of carbonyl (C=O) groups excluding carboxylic acids is 1. The number of ether oxygens (including phenoxy) is 2. The van der Waals surface area contributed by atoms with Crippen molar-refractivity contribution >= 4 is 33.6 Å². The second kappa shape index (κ2) is 9.63. The fourth-order valence-electron chi connectivity index (χ4n) is 3.45. The number of anilines is 2. The molecule has 0 bridgehead atoms. The molecule has 1 aromatic heterocycles. The summed E-state index contributed by atoms with van der Waals surface area (Å²) in [5.74, 6) is 0.517. The maximum atomic E-state index is 12.2. The molecule has 1 aliphatic carbocycles. The van der Waals surface area contributed by atoms with Crippen LogP contribution >= 0.6 is 15.9 Å². The molecule has 1 aromatic carbocycles. The van der Waals surface area contributed by atoms with Crippen molar-refractivity contribution in [1.82, 2.24) is 15.3 Å². The number of nitrogens with zero attached hydrogens (tertiary/aromatic N) is 3. The van der Waals surface area contributed by atoms with E-state index >= 15 is 0 Å². The Morgan fingerprint density at radius 3 is 2.67 bits per heavy atom. The molecule has 1 amide bonds. The van der Waals surface area contributed by atoms with E-state index in [2.05, 4.69) is 31.2 Å². The normalized spacial score (nSPS) is 14.0. The molecule has 3 rings (SSSR count). The van der Waals surface area contributed by atoms with E-state index in [9.17, 15) is 10.1 Å². The summed E-state index contributed by atoms with van der Waals surface area (Å²) in [7, 11) is 1.48. The molecule has 1 aliphatic rings. The van der Waals surface area contributed by atoms with E-state index in [0.717, 1.165) is 25.7 Å². The minimum absolute atomic E-state index is 0.00872. The summed E-state index contributed by atoms with van der Waals surface area (Å²) in [6, 6.07) is 5.50. The van der Waals surface area contributed by atoms with Gasteiger partial charge in [-0.15, -0.1) is 0 Å². The fraction of sp³-hybridized carbons (Fsp3) is 0.400. The van der Waals surface area contributed by atoms with E-state index in [1.54, 1.807) is 12.1 Å². The van der Waals surface area contributed by atoms with E-state index in [0.29, 0.717) is 21.5 Å². The van der Waals surface area contributed by atoms with Crippen LogP contribution in [-0.2, 0) is 4.79 Å². The van der Waals surface area contributed by atoms with E-state index in [1.807, 2.05) is 6.07 Å². The van der Waals surface area contributed by atoms with Gasteiger partial charge in [-0.25, -0.2) is 4.98 Å². The average Bonchev–Trinajstić information content (AvgIpc) is 2.72. The van der Waals surface area contributed by atoms with E-state index < -0.39 is 0 Å². The molecule has 30 heavy (non-hydrogen) atoms. The van der Waals surface area contributed by atoms with Gasteiger partial charge in [0, 0.05) is 16.1 Å². The Balaban J connectivity index is 1.81. The van der Waals surface area contributed by atoms with Crippen LogP contribution in [0.1, 0.15) is 37.7 Å². The molecule has 1 fully saturated rings. The zero-order valence-electron chi connectivity index (χ0n) is 16.6. The van der Waals surface area contributed by atoms with E-state index in [-0.39, 0.29) is 41.6 Å². The van der Waals surface area contributed by atoms with Crippen LogP contribution in [0.15, 0.2) is 16.6 Å². The van der Waals surface area contributed by atoms with Crippen LogP contribution < -0.4 is 26.3 Å². The highest BCUT2D eigenvalue weighted by atomic mass is 79.9. The van der Waals surface area contributed by atoms with Crippen molar-refractivity contribution in [2.75, 3.05) is 25.2 Å². The van der Waals surface area contributed by atoms with Gasteiger partial charge in [-0.3, -0.25) is 4.79 Å². The van der Waals surface area contributed by atoms with Crippen LogP contribution in [0, 0.1) is 11.3 Å². The number of halogens is 1. The molecule has 0 aliphatic heterocycles. The molecule has 2 aromatic rings. The lowest BCUT2D eigenvalue weighted by atomic mass is 9.95. The Labute approximate surface area is 182 Å². The third-order valence-corrected chi connectivity index (χ3v) is 5.56. The standard InChI is InChI=1S/C20H23BrN6O3/c1-29-15-7-12(18-13(9-22)19(23)27-20(24)26-18)14(21)8-16(15)30-10-17(28)25-11-5-3-2-4-6-11/h7-8,11H,2-6,10H2,1H3,(H,25,28)(H4,23,24,26,27). The Bertz CT molecular complexity index is 985. The number of nitrogens with two attached hydrogens (primary N) is 2. The summed E-state index contributed by atoms with van der Waals surface area (Å²) in [5.41, 5.74) is 12.4. The molecule has 10 heteroatoms. The van der Waals surface area contributed by atoms with Crippen molar-refractivity contribution in [2.45, 2.75) is 38.1 Å². The monoisotopic (exact) mass is 474 g/mol. The predicted molar refractivity (Wildman–Crippen MR) is 116 cm³/mol. The lowest BCUT2D eigenvalue weighted by Crippen LogP contribution is -2.39. The zero-order valence-corrected chi connectivity index (χ0v) is 18.2. The Morgan fingerprint density at radius 2 is 2.00 bits per heavy atom. The highest BCUT2D eigenvalue weighted by Gasteiger charge is 2.20. The predicted octanol–water partition coefficient (Wildman–Crippen LogP) is 2.78. The number of hydrogen-bond acceptors (Lipinski definition) is 8. The van der Waals surface area contributed by atoms with E-state index in [1.165, 1.54) is 13.5 Å². The van der Waals surface area contributed by atoms with Crippen LogP contribution in [0.25, 0.3) is 11.3 Å². The zero-order chi connectivity index (χ0) is 21.7. The number of rotatable bonds is 6. The quantitative estimate of drug-likeness (QED) is 0.578. The summed E-state index contributed by atoms with van der Waals surface area (Å²) < 4.78 is 11.7. The Hall–Kier alpha value is -3.06. The number of nitrogen functional groups attached to an aromatic ring is 2. The van der Waals surface area contributed by atoms with Gasteiger partial charge in [-0.1, -0.05) is 19.3 Å². The topological polar surface area (TPSA) is 149 Å². The minimum atomic E-state index is -0.174. The molecule has 0 spiro atoms. The van der Waals surface area contributed by atoms with Crippen LogP contribution in [0.2, 0.25) is 0 Å². The van der Waals surface area contributed by atoms with Gasteiger partial charge in [0.15, 0.2) is 18.1 Å². The van der Waals surface area contributed by atoms with Crippen molar-refractivity contribution < 1.29 is 14.3 Å². The summed E-state index contributed by atoms with van der Waals surface area (Å²) in [6.07, 6.45) is 5.49. The molecule has 1 heterocycles. The van der Waals surface area contributed by atoms with Gasteiger partial charge in [0.25, 0.3) is 5.91 Å². The number of methoxy groups -OCH3 is 1. The summed E-state index contributed by atoms with van der Waals surface area (Å²) in [5, 5.41) is 12.4. The Kier molecular flexibility index (Phi) is 6.95. The van der Waals surface area contributed by atoms with Crippen LogP contribution in [0.3, 0.4) is 0 Å². The first kappa shape index (κ1) is 21.6. The van der Waals surface area contributed by atoms with E-state index in [4.69, 9.17) is 20.9 Å². The van der Waals surface area contributed by atoms with Gasteiger partial charge < -0.3 is 26.3 Å². The SMILES string of the molecule is COc1cc(-c2nc(N)nc(N)c2C#N)c(Br)cc1OCC(=O)NC1CCCCC1. The lowest BCUT2D eigenvalue weighted by molar-refractivity contribution is -0.124. The third-order valence-electron chi connectivity index (χ3n) is 4.90. The largest absolute Gasteiger partial charge is 0.493 e. The molecule has 5 N–H and O–H groups in total. The summed E-state index contributed by atoms with van der Waals surface area (Å²) in [6.45, 7) is -0.129. The lowest BCUT2D eigenvalue weighted by Gasteiger charge is -2.23. The van der Waals surface area contributed by atoms with Crippen molar-refractivity contribution in [3.05, 3.63) is 22.2 Å².